The molecule has 0 saturated carbocycles. The minimum absolute atomic E-state index is 0.0587. The third kappa shape index (κ3) is 3.40. The Morgan fingerprint density at radius 3 is 1.89 bits per heavy atom. The first-order valence-corrected chi connectivity index (χ1v) is 7.98. The summed E-state index contributed by atoms with van der Waals surface area (Å²) < 4.78 is 15.9. The topological polar surface area (TPSA) is 108 Å². The van der Waals surface area contributed by atoms with Gasteiger partial charge in [0, 0.05) is 11.4 Å². The van der Waals surface area contributed by atoms with Gasteiger partial charge in [-0.3, -0.25) is 0 Å². The summed E-state index contributed by atoms with van der Waals surface area (Å²) in [6.45, 7) is 1.77. The first kappa shape index (κ1) is 19.7. The molecular weight excluding hydrogens is 352 g/mol. The normalized spacial score (nSPS) is 10.0. The van der Waals surface area contributed by atoms with Crippen molar-refractivity contribution >= 4 is 17.9 Å². The summed E-state index contributed by atoms with van der Waals surface area (Å²) in [5, 5.41) is 8.99. The summed E-state index contributed by atoms with van der Waals surface area (Å²) in [5.74, 6) is -2.45. The molecule has 0 aliphatic carbocycles. The third-order valence-corrected chi connectivity index (χ3v) is 4.02. The van der Waals surface area contributed by atoms with E-state index in [4.69, 9.17) is 19.5 Å². The fourth-order valence-corrected chi connectivity index (χ4v) is 2.84. The van der Waals surface area contributed by atoms with Crippen LogP contribution in [-0.4, -0.2) is 43.8 Å². The lowest BCUT2D eigenvalue weighted by Crippen LogP contribution is -2.16. The van der Waals surface area contributed by atoms with Crippen molar-refractivity contribution < 1.29 is 28.6 Å². The molecule has 0 amide bonds. The molecule has 8 heteroatoms. The Kier molecular flexibility index (Phi) is 5.98. The minimum atomic E-state index is -0.863. The summed E-state index contributed by atoms with van der Waals surface area (Å²) in [5.41, 5.74) is 0.851. The second-order valence-corrected chi connectivity index (χ2v) is 5.37. The Morgan fingerprint density at radius 1 is 0.926 bits per heavy atom. The van der Waals surface area contributed by atoms with Crippen LogP contribution in [-0.2, 0) is 20.6 Å². The van der Waals surface area contributed by atoms with Gasteiger partial charge in [-0.25, -0.2) is 14.4 Å². The van der Waals surface area contributed by atoms with Gasteiger partial charge in [-0.15, -0.1) is 0 Å². The van der Waals surface area contributed by atoms with E-state index in [0.717, 1.165) is 7.11 Å². The molecular formula is C19H18N2O6. The monoisotopic (exact) mass is 370 g/mol. The number of hydrogen-bond acceptors (Lipinski definition) is 7. The predicted molar refractivity (Wildman–Crippen MR) is 93.9 cm³/mol. The summed E-state index contributed by atoms with van der Waals surface area (Å²) in [6.07, 6.45) is 0.311. The Morgan fingerprint density at radius 2 is 1.44 bits per heavy atom. The predicted octanol–water partition coefficient (Wildman–Crippen LogP) is 2.27. The van der Waals surface area contributed by atoms with E-state index in [-0.39, 0.29) is 16.8 Å². The fraction of sp³-hybridized carbons (Fsp3) is 0.263. The molecule has 0 aliphatic heterocycles. The van der Waals surface area contributed by atoms with Crippen LogP contribution in [0, 0.1) is 11.3 Å². The van der Waals surface area contributed by atoms with Crippen molar-refractivity contribution in [1.29, 1.82) is 5.26 Å². The molecule has 1 heterocycles. The lowest BCUT2D eigenvalue weighted by Gasteiger charge is -2.12. The lowest BCUT2D eigenvalue weighted by atomic mass is 10.1. The number of carbonyl (C=O) groups excluding carboxylic acids is 3. The van der Waals surface area contributed by atoms with Gasteiger partial charge in [0.25, 0.3) is 0 Å². The Bertz CT molecular complexity index is 935. The number of carbonyl (C=O) groups is 3. The van der Waals surface area contributed by atoms with Crippen molar-refractivity contribution in [3.8, 4) is 11.8 Å². The first-order chi connectivity index (χ1) is 12.9. The molecule has 0 unspecified atom stereocenters. The van der Waals surface area contributed by atoms with Crippen molar-refractivity contribution in [3.63, 3.8) is 0 Å². The van der Waals surface area contributed by atoms with Gasteiger partial charge < -0.3 is 18.8 Å². The summed E-state index contributed by atoms with van der Waals surface area (Å²) in [7, 11) is 3.50. The maximum absolute atomic E-state index is 12.5. The SMILES string of the molecule is CCc1c(C(=O)OC)c(C(=O)OC)c(C(=O)OC)n1-c1ccc(C#N)cc1. The molecule has 1 aromatic carbocycles. The highest BCUT2D eigenvalue weighted by molar-refractivity contribution is 6.11. The van der Waals surface area contributed by atoms with Gasteiger partial charge in [0.2, 0.25) is 0 Å². The van der Waals surface area contributed by atoms with Gasteiger partial charge in [0.05, 0.1) is 38.5 Å². The number of benzene rings is 1. The largest absolute Gasteiger partial charge is 0.465 e. The maximum Gasteiger partial charge on any atom is 0.355 e. The molecule has 1 aromatic heterocycles. The van der Waals surface area contributed by atoms with Crippen LogP contribution in [0.5, 0.6) is 0 Å². The van der Waals surface area contributed by atoms with E-state index in [1.165, 1.54) is 18.8 Å². The van der Waals surface area contributed by atoms with Crippen LogP contribution in [0.25, 0.3) is 5.69 Å². The number of methoxy groups -OCH3 is 3. The van der Waals surface area contributed by atoms with Crippen LogP contribution >= 0.6 is 0 Å². The van der Waals surface area contributed by atoms with Crippen LogP contribution in [0.15, 0.2) is 24.3 Å². The summed E-state index contributed by atoms with van der Waals surface area (Å²) in [6, 6.07) is 8.33. The minimum Gasteiger partial charge on any atom is -0.465 e. The number of aromatic nitrogens is 1. The molecule has 2 rings (SSSR count). The van der Waals surface area contributed by atoms with Gasteiger partial charge in [0.15, 0.2) is 0 Å². The summed E-state index contributed by atoms with van der Waals surface area (Å²) in [4.78, 5) is 37.3. The Hall–Kier alpha value is -3.60. The number of rotatable bonds is 5. The molecule has 0 spiro atoms. The van der Waals surface area contributed by atoms with Gasteiger partial charge in [0.1, 0.15) is 11.3 Å². The molecule has 0 saturated heterocycles. The highest BCUT2D eigenvalue weighted by Crippen LogP contribution is 2.30. The van der Waals surface area contributed by atoms with Crippen molar-refractivity contribution in [2.75, 3.05) is 21.3 Å². The zero-order valence-corrected chi connectivity index (χ0v) is 15.4. The van der Waals surface area contributed by atoms with E-state index in [0.29, 0.717) is 23.4 Å². The average molecular weight is 370 g/mol. The summed E-state index contributed by atoms with van der Waals surface area (Å²) >= 11 is 0. The van der Waals surface area contributed by atoms with Crippen LogP contribution in [0.1, 0.15) is 49.4 Å². The van der Waals surface area contributed by atoms with Crippen molar-refractivity contribution in [2.24, 2.45) is 0 Å². The van der Waals surface area contributed by atoms with Gasteiger partial charge >= 0.3 is 17.9 Å². The zero-order valence-electron chi connectivity index (χ0n) is 15.4. The molecule has 8 nitrogen and oxygen atoms in total. The van der Waals surface area contributed by atoms with Gasteiger partial charge in [-0.05, 0) is 30.7 Å². The van der Waals surface area contributed by atoms with E-state index in [1.807, 2.05) is 6.07 Å². The second-order valence-electron chi connectivity index (χ2n) is 5.37. The van der Waals surface area contributed by atoms with E-state index >= 15 is 0 Å². The second kappa shape index (κ2) is 8.19. The number of esters is 3. The first-order valence-electron chi connectivity index (χ1n) is 7.98. The maximum atomic E-state index is 12.5. The number of nitriles is 1. The molecule has 0 bridgehead atoms. The van der Waals surface area contributed by atoms with E-state index < -0.39 is 17.9 Å². The van der Waals surface area contributed by atoms with Crippen LogP contribution in [0.3, 0.4) is 0 Å². The molecule has 0 aliphatic rings. The number of hydrogen-bond donors (Lipinski definition) is 0. The lowest BCUT2D eigenvalue weighted by molar-refractivity contribution is 0.0536. The quantitative estimate of drug-likeness (QED) is 0.587. The standard InChI is InChI=1S/C19H18N2O6/c1-5-13-14(17(22)25-2)15(18(23)26-3)16(19(24)27-4)21(13)12-8-6-11(10-20)7-9-12/h6-9H,5H2,1-4H3. The molecule has 0 radical (unpaired) electrons. The van der Waals surface area contributed by atoms with Gasteiger partial charge in [-0.2, -0.15) is 5.26 Å². The van der Waals surface area contributed by atoms with Crippen LogP contribution in [0.4, 0.5) is 0 Å². The smallest absolute Gasteiger partial charge is 0.355 e. The fourth-order valence-electron chi connectivity index (χ4n) is 2.84. The molecule has 0 atom stereocenters. The van der Waals surface area contributed by atoms with Crippen LogP contribution < -0.4 is 0 Å². The molecule has 2 aromatic rings. The molecule has 0 fully saturated rings. The van der Waals surface area contributed by atoms with Crippen molar-refractivity contribution in [1.82, 2.24) is 4.57 Å². The average Bonchev–Trinajstić information content (AvgIpc) is 3.07. The van der Waals surface area contributed by atoms with Crippen molar-refractivity contribution in [2.45, 2.75) is 13.3 Å². The highest BCUT2D eigenvalue weighted by Gasteiger charge is 2.35. The number of nitrogens with zero attached hydrogens (tertiary/aromatic N) is 2. The molecule has 27 heavy (non-hydrogen) atoms. The third-order valence-electron chi connectivity index (χ3n) is 4.02. The van der Waals surface area contributed by atoms with E-state index in [2.05, 4.69) is 0 Å². The Balaban J connectivity index is 2.97. The zero-order chi connectivity index (χ0) is 20.1. The highest BCUT2D eigenvalue weighted by atomic mass is 16.5. The molecule has 140 valence electrons. The van der Waals surface area contributed by atoms with Crippen molar-refractivity contribution in [3.05, 3.63) is 52.3 Å². The van der Waals surface area contributed by atoms with Gasteiger partial charge in [-0.1, -0.05) is 6.92 Å². The Labute approximate surface area is 155 Å². The van der Waals surface area contributed by atoms with E-state index in [9.17, 15) is 14.4 Å². The number of ether oxygens (including phenoxy) is 3. The van der Waals surface area contributed by atoms with E-state index in [1.54, 1.807) is 31.2 Å². The molecule has 0 N–H and O–H groups in total. The van der Waals surface area contributed by atoms with Crippen LogP contribution in [0.2, 0.25) is 0 Å².